The van der Waals surface area contributed by atoms with E-state index in [1.807, 2.05) is 6.07 Å². The molecule has 2 aliphatic carbocycles. The van der Waals surface area contributed by atoms with E-state index < -0.39 is 0 Å². The van der Waals surface area contributed by atoms with Gasteiger partial charge in [-0.2, -0.15) is 0 Å². The molecule has 80 valence electrons. The van der Waals surface area contributed by atoms with Crippen LogP contribution in [-0.4, -0.2) is 6.54 Å². The van der Waals surface area contributed by atoms with Gasteiger partial charge in [0.15, 0.2) is 0 Å². The average molecular weight is 205 g/mol. The Bertz CT molecular complexity index is 392. The van der Waals surface area contributed by atoms with Crippen molar-refractivity contribution in [3.05, 3.63) is 35.1 Å². The Hall–Kier alpha value is -0.890. The van der Waals surface area contributed by atoms with Crippen LogP contribution in [0.5, 0.6) is 0 Å². The standard InChI is InChI=1S/C13H16FN/c14-12-7-10(13(8-15)5-6-13)3-4-11(12)9-1-2-9/h3-4,7,9H,1-2,5-6,8,15H2. The first-order chi connectivity index (χ1) is 7.25. The van der Waals surface area contributed by atoms with Crippen LogP contribution >= 0.6 is 0 Å². The number of rotatable bonds is 3. The largest absolute Gasteiger partial charge is 0.330 e. The number of benzene rings is 1. The first kappa shape index (κ1) is 9.34. The molecule has 0 radical (unpaired) electrons. The van der Waals surface area contributed by atoms with E-state index in [2.05, 4.69) is 6.07 Å². The van der Waals surface area contributed by atoms with Crippen LogP contribution in [0, 0.1) is 5.82 Å². The highest BCUT2D eigenvalue weighted by molar-refractivity contribution is 5.37. The summed E-state index contributed by atoms with van der Waals surface area (Å²) in [6, 6.07) is 5.77. The van der Waals surface area contributed by atoms with E-state index in [1.54, 1.807) is 6.07 Å². The van der Waals surface area contributed by atoms with Gasteiger partial charge in [-0.3, -0.25) is 0 Å². The van der Waals surface area contributed by atoms with Gasteiger partial charge in [0.25, 0.3) is 0 Å². The molecule has 0 atom stereocenters. The lowest BCUT2D eigenvalue weighted by Gasteiger charge is -2.13. The highest BCUT2D eigenvalue weighted by atomic mass is 19.1. The van der Waals surface area contributed by atoms with Crippen molar-refractivity contribution in [2.45, 2.75) is 37.0 Å². The molecule has 2 N–H and O–H groups in total. The molecule has 3 rings (SSSR count). The molecular formula is C13H16FN. The van der Waals surface area contributed by atoms with Gasteiger partial charge in [0.2, 0.25) is 0 Å². The molecule has 15 heavy (non-hydrogen) atoms. The van der Waals surface area contributed by atoms with E-state index in [-0.39, 0.29) is 11.2 Å². The molecule has 0 saturated heterocycles. The van der Waals surface area contributed by atoms with Gasteiger partial charge in [0.05, 0.1) is 0 Å². The molecule has 0 amide bonds. The van der Waals surface area contributed by atoms with Crippen molar-refractivity contribution in [2.75, 3.05) is 6.54 Å². The van der Waals surface area contributed by atoms with Crippen LogP contribution < -0.4 is 5.73 Å². The maximum absolute atomic E-state index is 13.8. The monoisotopic (exact) mass is 205 g/mol. The minimum atomic E-state index is -0.0188. The molecule has 2 heteroatoms. The van der Waals surface area contributed by atoms with Crippen LogP contribution in [0.2, 0.25) is 0 Å². The number of halogens is 1. The van der Waals surface area contributed by atoms with E-state index in [0.29, 0.717) is 12.5 Å². The minimum Gasteiger partial charge on any atom is -0.330 e. The summed E-state index contributed by atoms with van der Waals surface area (Å²) < 4.78 is 13.8. The highest BCUT2D eigenvalue weighted by Crippen LogP contribution is 2.48. The number of hydrogen-bond donors (Lipinski definition) is 1. The van der Waals surface area contributed by atoms with Gasteiger partial charge in [-0.15, -0.1) is 0 Å². The molecule has 0 aliphatic heterocycles. The van der Waals surface area contributed by atoms with Gasteiger partial charge in [-0.1, -0.05) is 12.1 Å². The molecule has 2 fully saturated rings. The fraction of sp³-hybridized carbons (Fsp3) is 0.538. The quantitative estimate of drug-likeness (QED) is 0.806. The van der Waals surface area contributed by atoms with E-state index in [1.165, 1.54) is 0 Å². The molecule has 0 spiro atoms. The van der Waals surface area contributed by atoms with E-state index in [4.69, 9.17) is 5.73 Å². The van der Waals surface area contributed by atoms with Crippen molar-refractivity contribution in [1.82, 2.24) is 0 Å². The molecule has 1 nitrogen and oxygen atoms in total. The van der Waals surface area contributed by atoms with Gasteiger partial charge in [-0.05, 0) is 48.8 Å². The molecule has 0 aromatic heterocycles. The number of hydrogen-bond acceptors (Lipinski definition) is 1. The Morgan fingerprint density at radius 1 is 1.33 bits per heavy atom. The second-order valence-corrected chi connectivity index (χ2v) is 5.00. The first-order valence-corrected chi connectivity index (χ1v) is 5.75. The average Bonchev–Trinajstić information content (AvgIpc) is 3.13. The topological polar surface area (TPSA) is 26.0 Å². The van der Waals surface area contributed by atoms with E-state index in [0.717, 1.165) is 36.8 Å². The third-order valence-corrected chi connectivity index (χ3v) is 3.87. The predicted molar refractivity (Wildman–Crippen MR) is 58.3 cm³/mol. The first-order valence-electron chi connectivity index (χ1n) is 5.75. The lowest BCUT2D eigenvalue weighted by Crippen LogP contribution is -2.19. The lowest BCUT2D eigenvalue weighted by atomic mass is 9.94. The maximum Gasteiger partial charge on any atom is 0.126 e. The lowest BCUT2D eigenvalue weighted by molar-refractivity contribution is 0.600. The molecule has 1 aromatic carbocycles. The molecule has 0 heterocycles. The Balaban J connectivity index is 1.94. The van der Waals surface area contributed by atoms with Gasteiger partial charge >= 0.3 is 0 Å². The second kappa shape index (κ2) is 3.05. The second-order valence-electron chi connectivity index (χ2n) is 5.00. The van der Waals surface area contributed by atoms with E-state index >= 15 is 0 Å². The Morgan fingerprint density at radius 2 is 2.07 bits per heavy atom. The van der Waals surface area contributed by atoms with Crippen LogP contribution in [0.4, 0.5) is 4.39 Å². The van der Waals surface area contributed by atoms with E-state index in [9.17, 15) is 4.39 Å². The fourth-order valence-corrected chi connectivity index (χ4v) is 2.34. The molecular weight excluding hydrogens is 189 g/mol. The van der Waals surface area contributed by atoms with Crippen LogP contribution in [0.1, 0.15) is 42.7 Å². The van der Waals surface area contributed by atoms with Crippen molar-refractivity contribution < 1.29 is 4.39 Å². The van der Waals surface area contributed by atoms with Crippen LogP contribution in [-0.2, 0) is 5.41 Å². The van der Waals surface area contributed by atoms with Crippen LogP contribution in [0.15, 0.2) is 18.2 Å². The van der Waals surface area contributed by atoms with Gasteiger partial charge < -0.3 is 5.73 Å². The summed E-state index contributed by atoms with van der Waals surface area (Å²) in [4.78, 5) is 0. The summed E-state index contributed by atoms with van der Waals surface area (Å²) in [6.07, 6.45) is 4.54. The third-order valence-electron chi connectivity index (χ3n) is 3.87. The zero-order chi connectivity index (χ0) is 10.5. The summed E-state index contributed by atoms with van der Waals surface area (Å²) in [5.41, 5.74) is 7.87. The minimum absolute atomic E-state index is 0.0188. The van der Waals surface area contributed by atoms with Crippen LogP contribution in [0.25, 0.3) is 0 Å². The molecule has 1 aromatic rings. The summed E-state index contributed by atoms with van der Waals surface area (Å²) in [6.45, 7) is 0.648. The maximum atomic E-state index is 13.8. The third kappa shape index (κ3) is 1.48. The van der Waals surface area contributed by atoms with Gasteiger partial charge in [0.1, 0.15) is 5.82 Å². The summed E-state index contributed by atoms with van der Waals surface area (Å²) in [5, 5.41) is 0. The predicted octanol–water partition coefficient (Wildman–Crippen LogP) is 2.69. The molecule has 0 unspecified atom stereocenters. The van der Waals surface area contributed by atoms with Crippen molar-refractivity contribution in [1.29, 1.82) is 0 Å². The van der Waals surface area contributed by atoms with Crippen molar-refractivity contribution >= 4 is 0 Å². The number of nitrogens with two attached hydrogens (primary N) is 1. The van der Waals surface area contributed by atoms with Crippen LogP contribution in [0.3, 0.4) is 0 Å². The fourth-order valence-electron chi connectivity index (χ4n) is 2.34. The highest BCUT2D eigenvalue weighted by Gasteiger charge is 2.43. The van der Waals surface area contributed by atoms with Crippen molar-refractivity contribution in [3.8, 4) is 0 Å². The molecule has 2 saturated carbocycles. The zero-order valence-electron chi connectivity index (χ0n) is 8.80. The molecule has 2 aliphatic rings. The Morgan fingerprint density at radius 3 is 2.53 bits per heavy atom. The summed E-state index contributed by atoms with van der Waals surface area (Å²) >= 11 is 0. The Kier molecular flexibility index (Phi) is 1.90. The van der Waals surface area contributed by atoms with Crippen molar-refractivity contribution in [2.24, 2.45) is 5.73 Å². The SMILES string of the molecule is NCC1(c2ccc(C3CC3)c(F)c2)CC1. The summed E-state index contributed by atoms with van der Waals surface area (Å²) in [5.74, 6) is 0.474. The Labute approximate surface area is 89.5 Å². The van der Waals surface area contributed by atoms with Gasteiger partial charge in [0, 0.05) is 12.0 Å². The molecule has 0 bridgehead atoms. The normalized spacial score (nSPS) is 22.8. The smallest absolute Gasteiger partial charge is 0.126 e. The summed E-state index contributed by atoms with van der Waals surface area (Å²) in [7, 11) is 0. The van der Waals surface area contributed by atoms with Crippen molar-refractivity contribution in [3.63, 3.8) is 0 Å². The van der Waals surface area contributed by atoms with Gasteiger partial charge in [-0.25, -0.2) is 4.39 Å². The zero-order valence-corrected chi connectivity index (χ0v) is 8.80.